The Balaban J connectivity index is 2.35. The van der Waals surface area contributed by atoms with Crippen LogP contribution in [-0.2, 0) is 15.8 Å². The number of sulfonamides is 1. The maximum absolute atomic E-state index is 11.3. The van der Waals surface area contributed by atoms with Gasteiger partial charge in [-0.1, -0.05) is 18.6 Å². The highest BCUT2D eigenvalue weighted by Gasteiger charge is 2.25. The van der Waals surface area contributed by atoms with Gasteiger partial charge < -0.3 is 4.74 Å². The summed E-state index contributed by atoms with van der Waals surface area (Å²) in [5, 5.41) is 16.2. The number of benzene rings is 1. The number of primary sulfonamides is 1. The minimum atomic E-state index is -3.79. The average molecular weight is 314 g/mol. The zero-order chi connectivity index (χ0) is 15.5. The number of hydrogen-bond acceptors (Lipinski definition) is 5. The SMILES string of the molecule is NS(=O)(=O)Cc1cccc([N+](=O)[O-])c1OC1CCCCC1. The highest BCUT2D eigenvalue weighted by molar-refractivity contribution is 7.88. The monoisotopic (exact) mass is 314 g/mol. The maximum atomic E-state index is 11.3. The Morgan fingerprint density at radius 2 is 1.95 bits per heavy atom. The molecule has 0 spiro atoms. The van der Waals surface area contributed by atoms with E-state index in [2.05, 4.69) is 0 Å². The van der Waals surface area contributed by atoms with Crippen molar-refractivity contribution in [3.05, 3.63) is 33.9 Å². The first kappa shape index (κ1) is 15.7. The van der Waals surface area contributed by atoms with E-state index < -0.39 is 20.7 Å². The maximum Gasteiger partial charge on any atom is 0.311 e. The van der Waals surface area contributed by atoms with Gasteiger partial charge in [-0.3, -0.25) is 10.1 Å². The molecule has 0 amide bonds. The first-order valence-corrected chi connectivity index (χ1v) is 8.52. The van der Waals surface area contributed by atoms with Crippen molar-refractivity contribution in [3.63, 3.8) is 0 Å². The van der Waals surface area contributed by atoms with E-state index in [4.69, 9.17) is 9.88 Å². The third-order valence-corrected chi connectivity index (χ3v) is 4.18. The lowest BCUT2D eigenvalue weighted by Gasteiger charge is -2.24. The number of para-hydroxylation sites is 1. The lowest BCUT2D eigenvalue weighted by atomic mass is 9.97. The second-order valence-corrected chi connectivity index (χ2v) is 6.82. The van der Waals surface area contributed by atoms with Crippen molar-refractivity contribution >= 4 is 15.7 Å². The van der Waals surface area contributed by atoms with Crippen LogP contribution in [0.25, 0.3) is 0 Å². The third kappa shape index (κ3) is 4.40. The lowest BCUT2D eigenvalue weighted by Crippen LogP contribution is -2.22. The molecule has 0 unspecified atom stereocenters. The molecule has 1 aliphatic rings. The van der Waals surface area contributed by atoms with Crippen LogP contribution in [0, 0.1) is 10.1 Å². The molecule has 116 valence electrons. The van der Waals surface area contributed by atoms with E-state index >= 15 is 0 Å². The van der Waals surface area contributed by atoms with Crippen LogP contribution in [0.15, 0.2) is 18.2 Å². The van der Waals surface area contributed by atoms with Gasteiger partial charge in [0.15, 0.2) is 0 Å². The van der Waals surface area contributed by atoms with Gasteiger partial charge in [-0.15, -0.1) is 0 Å². The molecule has 1 aromatic rings. The molecule has 0 bridgehead atoms. The van der Waals surface area contributed by atoms with Gasteiger partial charge in [-0.2, -0.15) is 0 Å². The molecule has 1 saturated carbocycles. The van der Waals surface area contributed by atoms with Crippen LogP contribution in [0.3, 0.4) is 0 Å². The normalized spacial score (nSPS) is 16.6. The van der Waals surface area contributed by atoms with E-state index in [9.17, 15) is 18.5 Å². The predicted octanol–water partition coefficient (Wildman–Crippen LogP) is 2.09. The van der Waals surface area contributed by atoms with E-state index in [1.165, 1.54) is 18.2 Å². The molecule has 0 heterocycles. The largest absolute Gasteiger partial charge is 0.483 e. The van der Waals surface area contributed by atoms with Crippen LogP contribution in [-0.4, -0.2) is 19.4 Å². The molecule has 1 fully saturated rings. The quantitative estimate of drug-likeness (QED) is 0.660. The molecule has 8 heteroatoms. The van der Waals surface area contributed by atoms with Crippen LogP contribution in [0.2, 0.25) is 0 Å². The molecule has 0 radical (unpaired) electrons. The van der Waals surface area contributed by atoms with Gasteiger partial charge in [0.25, 0.3) is 0 Å². The summed E-state index contributed by atoms with van der Waals surface area (Å²) in [5.74, 6) is -0.445. The van der Waals surface area contributed by atoms with Crippen molar-refractivity contribution in [2.24, 2.45) is 5.14 Å². The summed E-state index contributed by atoms with van der Waals surface area (Å²) in [6.45, 7) is 0. The van der Waals surface area contributed by atoms with Crippen LogP contribution in [0.5, 0.6) is 5.75 Å². The number of nitrogens with two attached hydrogens (primary N) is 1. The molecule has 0 aromatic heterocycles. The van der Waals surface area contributed by atoms with Crippen LogP contribution >= 0.6 is 0 Å². The van der Waals surface area contributed by atoms with Crippen LogP contribution in [0.4, 0.5) is 5.69 Å². The van der Waals surface area contributed by atoms with E-state index in [1.54, 1.807) is 0 Å². The Morgan fingerprint density at radius 3 is 2.52 bits per heavy atom. The molecule has 0 atom stereocenters. The average Bonchev–Trinajstić information content (AvgIpc) is 2.40. The molecular weight excluding hydrogens is 296 g/mol. The smallest absolute Gasteiger partial charge is 0.311 e. The molecule has 1 aliphatic carbocycles. The standard InChI is InChI=1S/C13H18N2O5S/c14-21(18,19)9-10-5-4-8-12(15(16)17)13(10)20-11-6-2-1-3-7-11/h4-5,8,11H,1-3,6-7,9H2,(H2,14,18,19). The Labute approximate surface area is 123 Å². The molecule has 2 rings (SSSR count). The highest BCUT2D eigenvalue weighted by Crippen LogP contribution is 2.34. The van der Waals surface area contributed by atoms with Crippen LogP contribution in [0.1, 0.15) is 37.7 Å². The lowest BCUT2D eigenvalue weighted by molar-refractivity contribution is -0.386. The van der Waals surface area contributed by atoms with E-state index in [1.807, 2.05) is 0 Å². The fourth-order valence-electron chi connectivity index (χ4n) is 2.53. The van der Waals surface area contributed by atoms with Crippen molar-refractivity contribution in [1.82, 2.24) is 0 Å². The summed E-state index contributed by atoms with van der Waals surface area (Å²) in [5.41, 5.74) is 0.0130. The fourth-order valence-corrected chi connectivity index (χ4v) is 3.19. The Bertz CT molecular complexity index is 623. The summed E-state index contributed by atoms with van der Waals surface area (Å²) in [7, 11) is -3.79. The highest BCUT2D eigenvalue weighted by atomic mass is 32.2. The predicted molar refractivity (Wildman–Crippen MR) is 77.4 cm³/mol. The van der Waals surface area contributed by atoms with Gasteiger partial charge >= 0.3 is 5.69 Å². The molecule has 0 saturated heterocycles. The molecule has 1 aromatic carbocycles. The van der Waals surface area contributed by atoms with Gasteiger partial charge in [-0.05, 0) is 25.7 Å². The van der Waals surface area contributed by atoms with Gasteiger partial charge in [-0.25, -0.2) is 13.6 Å². The first-order chi connectivity index (χ1) is 9.87. The minimum Gasteiger partial charge on any atom is -0.483 e. The Hall–Kier alpha value is -1.67. The van der Waals surface area contributed by atoms with Crippen molar-refractivity contribution < 1.29 is 18.1 Å². The number of nitrogens with zero attached hydrogens (tertiary/aromatic N) is 1. The number of hydrogen-bond donors (Lipinski definition) is 1. The number of rotatable bonds is 5. The van der Waals surface area contributed by atoms with Crippen molar-refractivity contribution in [3.8, 4) is 5.75 Å². The van der Waals surface area contributed by atoms with E-state index in [0.717, 1.165) is 32.1 Å². The summed E-state index contributed by atoms with van der Waals surface area (Å²) >= 11 is 0. The molecule has 21 heavy (non-hydrogen) atoms. The summed E-state index contributed by atoms with van der Waals surface area (Å²) in [6.07, 6.45) is 4.67. The van der Waals surface area contributed by atoms with Gasteiger partial charge in [0.05, 0.1) is 16.8 Å². The summed E-state index contributed by atoms with van der Waals surface area (Å²) in [4.78, 5) is 10.6. The van der Waals surface area contributed by atoms with Crippen molar-refractivity contribution in [1.29, 1.82) is 0 Å². The second kappa shape index (κ2) is 6.40. The molecule has 0 aliphatic heterocycles. The number of nitro groups is 1. The van der Waals surface area contributed by atoms with E-state index in [-0.39, 0.29) is 23.1 Å². The minimum absolute atomic E-state index is 0.0309. The number of nitro benzene ring substituents is 1. The summed E-state index contributed by atoms with van der Waals surface area (Å²) in [6, 6.07) is 4.24. The second-order valence-electron chi connectivity index (χ2n) is 5.21. The zero-order valence-electron chi connectivity index (χ0n) is 11.5. The van der Waals surface area contributed by atoms with Gasteiger partial charge in [0.1, 0.15) is 0 Å². The van der Waals surface area contributed by atoms with Crippen LogP contribution < -0.4 is 9.88 Å². The Morgan fingerprint density at radius 1 is 1.29 bits per heavy atom. The molecular formula is C13H18N2O5S. The fraction of sp³-hybridized carbons (Fsp3) is 0.538. The topological polar surface area (TPSA) is 113 Å². The first-order valence-electron chi connectivity index (χ1n) is 6.80. The van der Waals surface area contributed by atoms with E-state index in [0.29, 0.717) is 0 Å². The summed E-state index contributed by atoms with van der Waals surface area (Å²) < 4.78 is 28.3. The molecule has 2 N–H and O–H groups in total. The third-order valence-electron chi connectivity index (χ3n) is 3.47. The van der Waals surface area contributed by atoms with Crippen molar-refractivity contribution in [2.75, 3.05) is 0 Å². The molecule has 7 nitrogen and oxygen atoms in total. The van der Waals surface area contributed by atoms with Gasteiger partial charge in [0, 0.05) is 11.6 Å². The van der Waals surface area contributed by atoms with Crippen molar-refractivity contribution in [2.45, 2.75) is 44.0 Å². The zero-order valence-corrected chi connectivity index (χ0v) is 12.3. The van der Waals surface area contributed by atoms with Gasteiger partial charge in [0.2, 0.25) is 15.8 Å². The number of ether oxygens (including phenoxy) is 1. The Kier molecular flexibility index (Phi) is 4.79.